The molecule has 1 aromatic rings. The van der Waals surface area contributed by atoms with E-state index in [0.29, 0.717) is 0 Å². The number of amides is 2. The zero-order chi connectivity index (χ0) is 13.4. The average molecular weight is 288 g/mol. The summed E-state index contributed by atoms with van der Waals surface area (Å²) < 4.78 is 0. The molecule has 1 aliphatic heterocycles. The first kappa shape index (κ1) is 12.8. The second kappa shape index (κ2) is 4.56. The van der Waals surface area contributed by atoms with Gasteiger partial charge in [-0.05, 0) is 12.1 Å². The zero-order valence-corrected chi connectivity index (χ0v) is 10.4. The monoisotopic (exact) mass is 287 g/mol. The highest BCUT2D eigenvalue weighted by Gasteiger charge is 2.40. The van der Waals surface area contributed by atoms with Gasteiger partial charge < -0.3 is 0 Å². The molecule has 3 N–H and O–H groups in total. The molecule has 0 radical (unpaired) electrons. The maximum absolute atomic E-state index is 11.8. The Labute approximate surface area is 112 Å². The lowest BCUT2D eigenvalue weighted by Crippen LogP contribution is -2.42. The van der Waals surface area contributed by atoms with Crippen LogP contribution in [0.4, 0.5) is 5.69 Å². The molecular weight excluding hydrogens is 281 g/mol. The number of fused-ring (bicyclic) bond motifs is 1. The SMILES string of the molecule is NNC(=O)CN1C(=O)C(=O)c2c(Cl)ccc(Cl)c21. The normalized spacial score (nSPS) is 13.8. The molecule has 0 atom stereocenters. The second-order valence-corrected chi connectivity index (χ2v) is 4.36. The van der Waals surface area contributed by atoms with E-state index in [1.807, 2.05) is 5.43 Å². The molecule has 0 aromatic heterocycles. The lowest BCUT2D eigenvalue weighted by atomic mass is 10.1. The van der Waals surface area contributed by atoms with Gasteiger partial charge in [-0.15, -0.1) is 0 Å². The summed E-state index contributed by atoms with van der Waals surface area (Å²) in [5.41, 5.74) is 2.03. The van der Waals surface area contributed by atoms with E-state index in [0.717, 1.165) is 4.90 Å². The summed E-state index contributed by atoms with van der Waals surface area (Å²) in [7, 11) is 0. The molecule has 0 unspecified atom stereocenters. The van der Waals surface area contributed by atoms with Crippen LogP contribution in [0.2, 0.25) is 10.0 Å². The fourth-order valence-corrected chi connectivity index (χ4v) is 2.19. The van der Waals surface area contributed by atoms with E-state index in [1.54, 1.807) is 0 Å². The smallest absolute Gasteiger partial charge is 0.294 e. The summed E-state index contributed by atoms with van der Waals surface area (Å²) in [5.74, 6) is 2.66. The number of hydrogen-bond acceptors (Lipinski definition) is 4. The number of anilines is 1. The quantitative estimate of drug-likeness (QED) is 0.359. The third-order valence-electron chi connectivity index (χ3n) is 2.48. The number of carbonyl (C=O) groups excluding carboxylic acids is 3. The molecule has 0 bridgehead atoms. The highest BCUT2D eigenvalue weighted by atomic mass is 35.5. The van der Waals surface area contributed by atoms with Gasteiger partial charge in [-0.2, -0.15) is 0 Å². The first-order chi connectivity index (χ1) is 8.47. The summed E-state index contributed by atoms with van der Waals surface area (Å²) in [5, 5.41) is 0.279. The Balaban J connectivity index is 2.55. The van der Waals surface area contributed by atoms with Crippen molar-refractivity contribution in [1.29, 1.82) is 0 Å². The first-order valence-electron chi connectivity index (χ1n) is 4.81. The zero-order valence-electron chi connectivity index (χ0n) is 8.87. The van der Waals surface area contributed by atoms with Gasteiger partial charge in [0.1, 0.15) is 6.54 Å². The van der Waals surface area contributed by atoms with Crippen LogP contribution in [0.15, 0.2) is 12.1 Å². The Morgan fingerprint density at radius 2 is 1.89 bits per heavy atom. The van der Waals surface area contributed by atoms with Gasteiger partial charge in [0, 0.05) is 0 Å². The van der Waals surface area contributed by atoms with Crippen molar-refractivity contribution in [3.05, 3.63) is 27.7 Å². The number of benzene rings is 1. The van der Waals surface area contributed by atoms with Crippen LogP contribution in [0.3, 0.4) is 0 Å². The third kappa shape index (κ3) is 1.84. The van der Waals surface area contributed by atoms with E-state index in [4.69, 9.17) is 29.0 Å². The highest BCUT2D eigenvalue weighted by Crippen LogP contribution is 2.39. The first-order valence-corrected chi connectivity index (χ1v) is 5.56. The number of nitrogens with zero attached hydrogens (tertiary/aromatic N) is 1. The number of nitrogens with two attached hydrogens (primary N) is 1. The van der Waals surface area contributed by atoms with Crippen LogP contribution in [0, 0.1) is 0 Å². The average Bonchev–Trinajstić information content (AvgIpc) is 2.60. The van der Waals surface area contributed by atoms with Crippen molar-refractivity contribution in [2.45, 2.75) is 0 Å². The lowest BCUT2D eigenvalue weighted by Gasteiger charge is -2.16. The second-order valence-electron chi connectivity index (χ2n) is 3.54. The van der Waals surface area contributed by atoms with Crippen molar-refractivity contribution in [3.8, 4) is 0 Å². The van der Waals surface area contributed by atoms with Gasteiger partial charge in [0.05, 0.1) is 21.3 Å². The van der Waals surface area contributed by atoms with Crippen LogP contribution < -0.4 is 16.2 Å². The van der Waals surface area contributed by atoms with E-state index in [2.05, 4.69) is 0 Å². The molecule has 8 heteroatoms. The van der Waals surface area contributed by atoms with Crippen molar-refractivity contribution in [3.63, 3.8) is 0 Å². The van der Waals surface area contributed by atoms with Gasteiger partial charge in [-0.25, -0.2) is 5.84 Å². The molecule has 1 heterocycles. The number of rotatable bonds is 2. The molecule has 0 aliphatic carbocycles. The maximum Gasteiger partial charge on any atom is 0.300 e. The van der Waals surface area contributed by atoms with E-state index in [1.165, 1.54) is 12.1 Å². The molecule has 6 nitrogen and oxygen atoms in total. The fourth-order valence-electron chi connectivity index (χ4n) is 1.69. The summed E-state index contributed by atoms with van der Waals surface area (Å²) in [6, 6.07) is 2.86. The summed E-state index contributed by atoms with van der Waals surface area (Å²) >= 11 is 11.8. The molecular formula is C10H7Cl2N3O3. The summed E-state index contributed by atoms with van der Waals surface area (Å²) in [4.78, 5) is 35.7. The largest absolute Gasteiger partial charge is 0.300 e. The van der Waals surface area contributed by atoms with Crippen molar-refractivity contribution in [2.24, 2.45) is 5.84 Å². The third-order valence-corrected chi connectivity index (χ3v) is 3.10. The number of halogens is 2. The molecule has 2 amide bonds. The molecule has 1 aliphatic rings. The van der Waals surface area contributed by atoms with Crippen LogP contribution >= 0.6 is 23.2 Å². The number of carbonyl (C=O) groups is 3. The van der Waals surface area contributed by atoms with Crippen LogP contribution in [-0.2, 0) is 9.59 Å². The van der Waals surface area contributed by atoms with Crippen LogP contribution in [0.25, 0.3) is 0 Å². The van der Waals surface area contributed by atoms with Crippen LogP contribution in [0.1, 0.15) is 10.4 Å². The fraction of sp³-hybridized carbons (Fsp3) is 0.100. The minimum Gasteiger partial charge on any atom is -0.294 e. The van der Waals surface area contributed by atoms with Crippen molar-refractivity contribution in [1.82, 2.24) is 5.43 Å². The Morgan fingerprint density at radius 1 is 1.28 bits per heavy atom. The van der Waals surface area contributed by atoms with Gasteiger partial charge in [-0.1, -0.05) is 23.2 Å². The van der Waals surface area contributed by atoms with Crippen molar-refractivity contribution in [2.75, 3.05) is 11.4 Å². The number of hydrogen-bond donors (Lipinski definition) is 2. The van der Waals surface area contributed by atoms with Gasteiger partial charge in [0.2, 0.25) is 0 Å². The molecule has 2 rings (SSSR count). The highest BCUT2D eigenvalue weighted by molar-refractivity contribution is 6.57. The van der Waals surface area contributed by atoms with Gasteiger partial charge in [-0.3, -0.25) is 24.7 Å². The number of ketones is 1. The molecule has 1 aromatic carbocycles. The number of nitrogens with one attached hydrogen (secondary N) is 1. The van der Waals surface area contributed by atoms with E-state index < -0.39 is 24.1 Å². The van der Waals surface area contributed by atoms with Crippen molar-refractivity contribution < 1.29 is 14.4 Å². The summed E-state index contributed by atoms with van der Waals surface area (Å²) in [6.45, 7) is -0.395. The Hall–Kier alpha value is -1.63. The van der Waals surface area contributed by atoms with Gasteiger partial charge in [0.15, 0.2) is 0 Å². The minimum absolute atomic E-state index is 0.0130. The lowest BCUT2D eigenvalue weighted by molar-refractivity contribution is -0.122. The minimum atomic E-state index is -0.858. The Kier molecular flexibility index (Phi) is 3.25. The van der Waals surface area contributed by atoms with E-state index in [-0.39, 0.29) is 21.3 Å². The summed E-state index contributed by atoms with van der Waals surface area (Å²) in [6.07, 6.45) is 0. The Bertz CT molecular complexity index is 574. The van der Waals surface area contributed by atoms with Crippen molar-refractivity contribution >= 4 is 46.5 Å². The molecule has 0 fully saturated rings. The molecule has 0 saturated heterocycles. The predicted molar refractivity (Wildman–Crippen MR) is 65.5 cm³/mol. The standard InChI is InChI=1S/C10H7Cl2N3O3/c11-4-1-2-5(12)8-7(4)9(17)10(18)15(8)3-6(16)14-13/h1-2H,3,13H2,(H,14,16). The predicted octanol–water partition coefficient (Wildman–Crippen LogP) is 0.513. The maximum atomic E-state index is 11.8. The molecule has 94 valence electrons. The van der Waals surface area contributed by atoms with Gasteiger partial charge in [0.25, 0.3) is 17.6 Å². The molecule has 18 heavy (non-hydrogen) atoms. The van der Waals surface area contributed by atoms with Crippen LogP contribution in [-0.4, -0.2) is 24.1 Å². The van der Waals surface area contributed by atoms with E-state index >= 15 is 0 Å². The Morgan fingerprint density at radius 3 is 2.50 bits per heavy atom. The van der Waals surface area contributed by atoms with Gasteiger partial charge >= 0.3 is 0 Å². The topological polar surface area (TPSA) is 92.5 Å². The van der Waals surface area contributed by atoms with E-state index in [9.17, 15) is 14.4 Å². The molecule has 0 saturated carbocycles. The number of hydrazine groups is 1. The number of Topliss-reactive ketones (excluding diaryl/α,β-unsaturated/α-hetero) is 1. The van der Waals surface area contributed by atoms with Crippen LogP contribution in [0.5, 0.6) is 0 Å². The molecule has 0 spiro atoms.